The van der Waals surface area contributed by atoms with Crippen molar-refractivity contribution in [3.63, 3.8) is 0 Å². The lowest BCUT2D eigenvalue weighted by Crippen LogP contribution is -2.50. The number of nitrogens with zero attached hydrogens (tertiary/aromatic N) is 3. The van der Waals surface area contributed by atoms with Gasteiger partial charge in [0.2, 0.25) is 0 Å². The molecule has 2 aromatic heterocycles. The summed E-state index contributed by atoms with van der Waals surface area (Å²) in [6, 6.07) is 3.60. The van der Waals surface area contributed by atoms with Crippen molar-refractivity contribution in [2.45, 2.75) is 18.5 Å². The van der Waals surface area contributed by atoms with Crippen molar-refractivity contribution in [3.05, 3.63) is 48.5 Å². The van der Waals surface area contributed by atoms with E-state index in [1.807, 2.05) is 12.1 Å². The zero-order chi connectivity index (χ0) is 17.9. The summed E-state index contributed by atoms with van der Waals surface area (Å²) in [5.41, 5.74) is 2.63. The topological polar surface area (TPSA) is 67.4 Å². The quantitative estimate of drug-likeness (QED) is 0.921. The molecule has 1 aliphatic heterocycles. The summed E-state index contributed by atoms with van der Waals surface area (Å²) in [4.78, 5) is 21.7. The first-order valence-corrected chi connectivity index (χ1v) is 7.78. The van der Waals surface area contributed by atoms with Crippen molar-refractivity contribution in [2.24, 2.45) is 0 Å². The summed E-state index contributed by atoms with van der Waals surface area (Å²) in [6.07, 6.45) is 6.68. The molecule has 2 amide bonds. The van der Waals surface area contributed by atoms with Gasteiger partial charge in [0.25, 0.3) is 5.92 Å². The van der Waals surface area contributed by atoms with Crippen molar-refractivity contribution >= 4 is 6.03 Å². The molecular weight excluding hydrogens is 330 g/mol. The summed E-state index contributed by atoms with van der Waals surface area (Å²) < 4.78 is 31.9. The van der Waals surface area contributed by atoms with Gasteiger partial charge >= 0.3 is 6.03 Å². The Morgan fingerprint density at radius 3 is 2.72 bits per heavy atom. The molecule has 0 radical (unpaired) electrons. The summed E-state index contributed by atoms with van der Waals surface area (Å²) in [7, 11) is 1.56. The zero-order valence-corrected chi connectivity index (χ0v) is 13.7. The van der Waals surface area contributed by atoms with Gasteiger partial charge in [0.1, 0.15) is 12.6 Å². The van der Waals surface area contributed by atoms with Gasteiger partial charge in [0.15, 0.2) is 0 Å². The van der Waals surface area contributed by atoms with Gasteiger partial charge in [0, 0.05) is 43.9 Å². The van der Waals surface area contributed by atoms with E-state index in [1.165, 1.54) is 4.90 Å². The van der Waals surface area contributed by atoms with Crippen molar-refractivity contribution in [1.29, 1.82) is 0 Å². The van der Waals surface area contributed by atoms with E-state index in [9.17, 15) is 13.6 Å². The smallest absolute Gasteiger partial charge is 0.317 e. The number of carbonyl (C=O) groups excluding carboxylic acids is 1. The van der Waals surface area contributed by atoms with Gasteiger partial charge in [-0.2, -0.15) is 0 Å². The van der Waals surface area contributed by atoms with Crippen molar-refractivity contribution in [2.75, 3.05) is 20.3 Å². The maximum Gasteiger partial charge on any atom is 0.317 e. The summed E-state index contributed by atoms with van der Waals surface area (Å²) >= 11 is 0. The van der Waals surface area contributed by atoms with Gasteiger partial charge < -0.3 is 15.0 Å². The molecule has 0 aliphatic carbocycles. The Labute approximate surface area is 143 Å². The van der Waals surface area contributed by atoms with Gasteiger partial charge in [0.05, 0.1) is 6.61 Å². The fourth-order valence-corrected chi connectivity index (χ4v) is 2.62. The van der Waals surface area contributed by atoms with E-state index in [2.05, 4.69) is 15.3 Å². The number of urea groups is 1. The molecule has 3 rings (SSSR count). The third kappa shape index (κ3) is 3.90. The summed E-state index contributed by atoms with van der Waals surface area (Å²) in [5.74, 6) is -3.05. The first-order valence-electron chi connectivity index (χ1n) is 7.78. The molecule has 8 heteroatoms. The number of pyridine rings is 2. The van der Waals surface area contributed by atoms with Gasteiger partial charge in [-0.15, -0.1) is 0 Å². The lowest BCUT2D eigenvalue weighted by atomic mass is 10.0. The van der Waals surface area contributed by atoms with Crippen LogP contribution < -0.4 is 5.32 Å². The molecule has 1 saturated heterocycles. The van der Waals surface area contributed by atoms with Crippen LogP contribution in [-0.2, 0) is 11.3 Å². The van der Waals surface area contributed by atoms with E-state index < -0.39 is 24.6 Å². The van der Waals surface area contributed by atoms with E-state index in [4.69, 9.17) is 4.74 Å². The van der Waals surface area contributed by atoms with Crippen LogP contribution in [0, 0.1) is 0 Å². The number of rotatable bonds is 4. The number of aromatic nitrogens is 2. The fourth-order valence-electron chi connectivity index (χ4n) is 2.62. The highest BCUT2D eigenvalue weighted by molar-refractivity contribution is 5.75. The first-order chi connectivity index (χ1) is 12.0. The number of nitrogens with one attached hydrogen (secondary N) is 1. The van der Waals surface area contributed by atoms with Crippen LogP contribution in [-0.4, -0.2) is 53.1 Å². The van der Waals surface area contributed by atoms with Crippen LogP contribution in [0.3, 0.4) is 0 Å². The number of hydrogen-bond donors (Lipinski definition) is 1. The van der Waals surface area contributed by atoms with E-state index in [-0.39, 0.29) is 13.2 Å². The second kappa shape index (κ2) is 7.10. The van der Waals surface area contributed by atoms with Crippen molar-refractivity contribution < 1.29 is 18.3 Å². The lowest BCUT2D eigenvalue weighted by Gasteiger charge is -2.24. The highest BCUT2D eigenvalue weighted by Gasteiger charge is 2.46. The normalized spacial score (nSPS) is 18.8. The average molecular weight is 348 g/mol. The minimum Gasteiger partial charge on any atom is -0.373 e. The number of alkyl halides is 2. The molecule has 0 bridgehead atoms. The van der Waals surface area contributed by atoms with E-state index in [1.54, 1.807) is 37.9 Å². The van der Waals surface area contributed by atoms with Crippen LogP contribution in [0.4, 0.5) is 13.6 Å². The molecule has 3 heterocycles. The zero-order valence-electron chi connectivity index (χ0n) is 13.7. The standard InChI is InChI=1S/C17H18F2N4O2/c1-23(16(24)22-15-10-25-11-17(15,18)19)9-13-4-7-21-8-14(13)12-2-5-20-6-3-12/h2-8,15H,9-11H2,1H3,(H,22,24)/t15-/m0/s1. The number of halogens is 2. The van der Waals surface area contributed by atoms with Crippen LogP contribution in [0.25, 0.3) is 11.1 Å². The highest BCUT2D eigenvalue weighted by Crippen LogP contribution is 2.26. The predicted molar refractivity (Wildman–Crippen MR) is 87.0 cm³/mol. The minimum absolute atomic E-state index is 0.190. The number of carbonyl (C=O) groups is 1. The molecule has 2 aromatic rings. The molecule has 1 aliphatic rings. The largest absolute Gasteiger partial charge is 0.373 e. The van der Waals surface area contributed by atoms with Crippen LogP contribution in [0.1, 0.15) is 5.56 Å². The Morgan fingerprint density at radius 2 is 2.04 bits per heavy atom. The molecule has 1 atom stereocenters. The summed E-state index contributed by atoms with van der Waals surface area (Å²) in [5, 5.41) is 2.33. The Balaban J connectivity index is 1.71. The third-order valence-electron chi connectivity index (χ3n) is 4.04. The number of amides is 2. The molecular formula is C17H18F2N4O2. The van der Waals surface area contributed by atoms with Crippen LogP contribution >= 0.6 is 0 Å². The minimum atomic E-state index is -3.05. The van der Waals surface area contributed by atoms with Crippen molar-refractivity contribution in [1.82, 2.24) is 20.2 Å². The predicted octanol–water partition coefficient (Wildman–Crippen LogP) is 2.32. The van der Waals surface area contributed by atoms with Crippen LogP contribution in [0.2, 0.25) is 0 Å². The van der Waals surface area contributed by atoms with Gasteiger partial charge in [-0.1, -0.05) is 0 Å². The van der Waals surface area contributed by atoms with Crippen LogP contribution in [0.15, 0.2) is 43.0 Å². The average Bonchev–Trinajstić information content (AvgIpc) is 2.94. The van der Waals surface area contributed by atoms with E-state index >= 15 is 0 Å². The fraction of sp³-hybridized carbons (Fsp3) is 0.353. The third-order valence-corrected chi connectivity index (χ3v) is 4.04. The maximum atomic E-state index is 13.6. The lowest BCUT2D eigenvalue weighted by molar-refractivity contribution is -0.0222. The van der Waals surface area contributed by atoms with Gasteiger partial charge in [-0.25, -0.2) is 13.6 Å². The molecule has 25 heavy (non-hydrogen) atoms. The Morgan fingerprint density at radius 1 is 1.32 bits per heavy atom. The molecule has 0 saturated carbocycles. The molecule has 132 valence electrons. The maximum absolute atomic E-state index is 13.6. The highest BCUT2D eigenvalue weighted by atomic mass is 19.3. The molecule has 0 spiro atoms. The molecule has 1 fully saturated rings. The van der Waals surface area contributed by atoms with Crippen LogP contribution in [0.5, 0.6) is 0 Å². The molecule has 1 N–H and O–H groups in total. The van der Waals surface area contributed by atoms with E-state index in [0.29, 0.717) is 0 Å². The molecule has 0 unspecified atom stereocenters. The number of hydrogen-bond acceptors (Lipinski definition) is 4. The van der Waals surface area contributed by atoms with Gasteiger partial charge in [-0.05, 0) is 29.3 Å². The van der Waals surface area contributed by atoms with E-state index in [0.717, 1.165) is 16.7 Å². The van der Waals surface area contributed by atoms with Gasteiger partial charge in [-0.3, -0.25) is 9.97 Å². The second-order valence-corrected chi connectivity index (χ2v) is 5.90. The monoisotopic (exact) mass is 348 g/mol. The first kappa shape index (κ1) is 17.2. The second-order valence-electron chi connectivity index (χ2n) is 5.90. The van der Waals surface area contributed by atoms with Crippen molar-refractivity contribution in [3.8, 4) is 11.1 Å². The number of ether oxygens (including phenoxy) is 1. The molecule has 0 aromatic carbocycles. The SMILES string of the molecule is CN(Cc1ccncc1-c1ccncc1)C(=O)N[C@H]1COCC1(F)F. The Bertz CT molecular complexity index is 742. The summed E-state index contributed by atoms with van der Waals surface area (Å²) in [6.45, 7) is -0.604. The Hall–Kier alpha value is -2.61. The molecule has 6 nitrogen and oxygen atoms in total. The Kier molecular flexibility index (Phi) is 4.89.